The van der Waals surface area contributed by atoms with E-state index in [1.807, 2.05) is 55.5 Å². The minimum atomic E-state index is -5.08. The zero-order valence-corrected chi connectivity index (χ0v) is 36.3. The van der Waals surface area contributed by atoms with Crippen molar-refractivity contribution in [3.63, 3.8) is 0 Å². The van der Waals surface area contributed by atoms with E-state index in [1.165, 1.54) is 17.2 Å². The van der Waals surface area contributed by atoms with Gasteiger partial charge in [0.2, 0.25) is 0 Å². The highest BCUT2D eigenvalue weighted by molar-refractivity contribution is 6.31. The molecular formula is C42H40ClF9N6O10. The van der Waals surface area contributed by atoms with Crippen LogP contribution in [-0.4, -0.2) is 91.8 Å². The molecule has 2 atom stereocenters. The molecule has 0 amide bonds. The number of anilines is 2. The largest absolute Gasteiger partial charge is 0.490 e. The molecule has 3 heterocycles. The van der Waals surface area contributed by atoms with E-state index in [1.54, 1.807) is 10.7 Å². The lowest BCUT2D eigenvalue weighted by Crippen LogP contribution is -2.24. The average molecular weight is 995 g/mol. The number of esters is 1. The van der Waals surface area contributed by atoms with Crippen LogP contribution in [0.25, 0.3) is 21.9 Å². The van der Waals surface area contributed by atoms with Crippen molar-refractivity contribution in [3.8, 4) is 0 Å². The van der Waals surface area contributed by atoms with Gasteiger partial charge in [0.1, 0.15) is 17.9 Å². The Labute approximate surface area is 382 Å². The summed E-state index contributed by atoms with van der Waals surface area (Å²) in [6.45, 7) is 0.747. The third-order valence-corrected chi connectivity index (χ3v) is 10.3. The van der Waals surface area contributed by atoms with E-state index in [0.29, 0.717) is 39.1 Å². The van der Waals surface area contributed by atoms with Crippen molar-refractivity contribution in [1.29, 1.82) is 0 Å². The number of ether oxygens (including phenoxy) is 1. The fourth-order valence-electron chi connectivity index (χ4n) is 7.12. The first-order valence-electron chi connectivity index (χ1n) is 19.8. The van der Waals surface area contributed by atoms with Crippen LogP contribution < -0.4 is 16.3 Å². The number of hydrogen-bond acceptors (Lipinski definition) is 12. The van der Waals surface area contributed by atoms with Crippen LogP contribution in [0, 0.1) is 5.92 Å². The Hall–Kier alpha value is -6.92. The van der Waals surface area contributed by atoms with Crippen LogP contribution in [0.5, 0.6) is 0 Å². The summed E-state index contributed by atoms with van der Waals surface area (Å²) in [4.78, 5) is 58.4. The van der Waals surface area contributed by atoms with Crippen molar-refractivity contribution < 1.29 is 83.2 Å². The molecule has 16 nitrogen and oxygen atoms in total. The van der Waals surface area contributed by atoms with Gasteiger partial charge in [-0.25, -0.2) is 19.2 Å². The number of unbranched alkanes of at least 4 members (excludes halogenated alkanes) is 1. The van der Waals surface area contributed by atoms with Crippen LogP contribution >= 0.6 is 11.6 Å². The number of aryl methyl sites for hydroxylation is 1. The number of fused-ring (bicyclic) bond motifs is 6. The topological polar surface area (TPSA) is 241 Å². The molecule has 68 heavy (non-hydrogen) atoms. The molecule has 5 N–H and O–H groups in total. The quantitative estimate of drug-likeness (QED) is 0.0338. The summed E-state index contributed by atoms with van der Waals surface area (Å²) in [5.41, 5.74) is 14.3. The number of halogens is 10. The normalized spacial score (nSPS) is 15.3. The van der Waals surface area contributed by atoms with Gasteiger partial charge in [-0.3, -0.25) is 14.5 Å². The number of nitrogens with zero attached hydrogens (tertiary/aromatic N) is 5. The maximum absolute atomic E-state index is 12.7. The second-order valence-corrected chi connectivity index (χ2v) is 15.8. The Kier molecular flexibility index (Phi) is 17.6. The van der Waals surface area contributed by atoms with Gasteiger partial charge in [-0.2, -0.15) is 39.5 Å². The van der Waals surface area contributed by atoms with Crippen LogP contribution in [0.2, 0.25) is 5.02 Å². The molecule has 368 valence electrons. The number of aromatic nitrogens is 4. The second kappa shape index (κ2) is 22.3. The molecule has 0 aliphatic heterocycles. The summed E-state index contributed by atoms with van der Waals surface area (Å²) in [7, 11) is 3.81. The van der Waals surface area contributed by atoms with Crippen molar-refractivity contribution in [2.75, 3.05) is 24.7 Å². The standard InChI is InChI=1S/C36H37ClN6O4.3C2HF3O2/c1-42(2)27-7-9-28-23(16-34(45)47-32(28)18-27)15-33(44)46-20-26-19-43(41-40-26)10-4-3-5-21-11-22-13-24(12-21)35-31(14-22)39-30-17-25(37)6-8-29(30)36(35)38;3*3-2(4,5)1(6)7/h6-9,11,16-19,22,24H,3-5,10,12-15,20H2,1-2H3,(H2,38,39);3*(H,6,7)/t22-,24+;;;/m1.../s1. The van der Waals surface area contributed by atoms with Gasteiger partial charge in [-0.15, -0.1) is 5.10 Å². The van der Waals surface area contributed by atoms with E-state index in [-0.39, 0.29) is 13.0 Å². The lowest BCUT2D eigenvalue weighted by atomic mass is 9.70. The summed E-state index contributed by atoms with van der Waals surface area (Å²) in [6.07, 6.45) is -4.90. The smallest absolute Gasteiger partial charge is 0.475 e. The predicted octanol–water partition coefficient (Wildman–Crippen LogP) is 8.27. The number of benzene rings is 2. The van der Waals surface area contributed by atoms with Crippen LogP contribution in [-0.2, 0) is 49.9 Å². The van der Waals surface area contributed by atoms with Crippen molar-refractivity contribution in [2.45, 2.75) is 82.5 Å². The molecule has 0 spiro atoms. The van der Waals surface area contributed by atoms with Gasteiger partial charge in [0.05, 0.1) is 18.1 Å². The molecular weight excluding hydrogens is 955 g/mol. The number of carbonyl (C=O) groups excluding carboxylic acids is 1. The highest BCUT2D eigenvalue weighted by Crippen LogP contribution is 2.47. The van der Waals surface area contributed by atoms with E-state index >= 15 is 0 Å². The summed E-state index contributed by atoms with van der Waals surface area (Å²) in [6, 6.07) is 12.7. The molecule has 2 aromatic carbocycles. The van der Waals surface area contributed by atoms with E-state index < -0.39 is 48.0 Å². The maximum atomic E-state index is 12.7. The molecule has 2 aliphatic rings. The summed E-state index contributed by atoms with van der Waals surface area (Å²) < 4.78 is 108. The van der Waals surface area contributed by atoms with Gasteiger partial charge in [-0.1, -0.05) is 28.5 Å². The van der Waals surface area contributed by atoms with Crippen molar-refractivity contribution in [1.82, 2.24) is 20.0 Å². The Bertz CT molecular complexity index is 2680. The number of nitrogen functional groups attached to an aromatic ring is 1. The number of carboxylic acids is 3. The van der Waals surface area contributed by atoms with Gasteiger partial charge in [0, 0.05) is 71.2 Å². The zero-order valence-electron chi connectivity index (χ0n) is 35.5. The van der Waals surface area contributed by atoms with E-state index in [2.05, 4.69) is 16.4 Å². The van der Waals surface area contributed by atoms with Crippen LogP contribution in [0.15, 0.2) is 69.5 Å². The van der Waals surface area contributed by atoms with E-state index in [9.17, 15) is 49.1 Å². The minimum Gasteiger partial charge on any atom is -0.475 e. The van der Waals surface area contributed by atoms with Gasteiger partial charge in [0.15, 0.2) is 0 Å². The molecule has 0 fully saturated rings. The third-order valence-electron chi connectivity index (χ3n) is 10.0. The molecule has 7 rings (SSSR count). The minimum absolute atomic E-state index is 0.0143. The Morgan fingerprint density at radius 1 is 0.882 bits per heavy atom. The summed E-state index contributed by atoms with van der Waals surface area (Å²) in [5, 5.41) is 32.1. The summed E-state index contributed by atoms with van der Waals surface area (Å²) in [5.74, 6) is -7.82. The van der Waals surface area contributed by atoms with Crippen molar-refractivity contribution in [2.24, 2.45) is 5.92 Å². The lowest BCUT2D eigenvalue weighted by Gasteiger charge is -2.36. The predicted molar refractivity (Wildman–Crippen MR) is 224 cm³/mol. The molecule has 5 aromatic rings. The van der Waals surface area contributed by atoms with Crippen molar-refractivity contribution >= 4 is 68.7 Å². The number of allylic oxidation sites excluding steroid dienone is 2. The second-order valence-electron chi connectivity index (χ2n) is 15.3. The molecule has 2 bridgehead atoms. The van der Waals surface area contributed by atoms with Gasteiger partial charge in [-0.05, 0) is 86.3 Å². The van der Waals surface area contributed by atoms with Gasteiger partial charge >= 0.3 is 48.0 Å². The fourth-order valence-corrected chi connectivity index (χ4v) is 7.28. The number of hydrogen-bond donors (Lipinski definition) is 4. The highest BCUT2D eigenvalue weighted by atomic mass is 35.5. The molecule has 0 radical (unpaired) electrons. The molecule has 26 heteroatoms. The number of alkyl halides is 9. The number of aliphatic carboxylic acids is 3. The van der Waals surface area contributed by atoms with Crippen LogP contribution in [0.4, 0.5) is 50.9 Å². The van der Waals surface area contributed by atoms with Crippen molar-refractivity contribution in [3.05, 3.63) is 98.3 Å². The number of carbonyl (C=O) groups is 4. The number of rotatable bonds is 10. The van der Waals surface area contributed by atoms with Gasteiger partial charge in [0.25, 0.3) is 0 Å². The first kappa shape index (κ1) is 53.7. The molecule has 0 saturated heterocycles. The van der Waals surface area contributed by atoms with Gasteiger partial charge < -0.3 is 35.1 Å². The Morgan fingerprint density at radius 3 is 2.07 bits per heavy atom. The highest BCUT2D eigenvalue weighted by Gasteiger charge is 2.39. The average Bonchev–Trinajstić information content (AvgIpc) is 3.68. The molecule has 0 unspecified atom stereocenters. The SMILES string of the molecule is CN(C)c1ccc2c(CC(=O)OCc3cn(CCCCC4=C[C@H]5Cc6nc7cc(Cl)ccc7c(N)c6[C@@H](C4)C5)nn3)cc(=O)oc2c1.O=C(O)C(F)(F)F.O=C(O)C(F)(F)F.O=C(O)C(F)(F)F. The number of carboxylic acid groups (broad SMARTS) is 3. The number of nitrogens with two attached hydrogens (primary N) is 1. The van der Waals surface area contributed by atoms with Crippen LogP contribution in [0.3, 0.4) is 0 Å². The lowest BCUT2D eigenvalue weighted by molar-refractivity contribution is -0.193. The molecule has 3 aromatic heterocycles. The summed E-state index contributed by atoms with van der Waals surface area (Å²) >= 11 is 6.22. The van der Waals surface area contributed by atoms with E-state index in [0.717, 1.165) is 73.0 Å². The monoisotopic (exact) mass is 994 g/mol. The fraction of sp³-hybridized carbons (Fsp3) is 0.381. The first-order valence-corrected chi connectivity index (χ1v) is 20.2. The zero-order chi connectivity index (χ0) is 50.9. The Balaban J connectivity index is 0.000000400. The van der Waals surface area contributed by atoms with E-state index in [4.69, 9.17) is 61.2 Å². The van der Waals surface area contributed by atoms with Crippen LogP contribution in [0.1, 0.15) is 60.5 Å². The Morgan fingerprint density at radius 2 is 1.49 bits per heavy atom. The maximum Gasteiger partial charge on any atom is 0.490 e. The first-order chi connectivity index (χ1) is 31.5. The molecule has 2 aliphatic carbocycles. The molecule has 0 saturated carbocycles. The number of pyridine rings is 1. The third kappa shape index (κ3) is 15.3.